The molecule has 0 aliphatic carbocycles. The van der Waals surface area contributed by atoms with Crippen molar-refractivity contribution in [2.45, 2.75) is 71.6 Å². The van der Waals surface area contributed by atoms with Gasteiger partial charge in [0.1, 0.15) is 0 Å². The van der Waals surface area contributed by atoms with Gasteiger partial charge in [-0.1, -0.05) is 50.6 Å². The molecule has 2 N–H and O–H groups in total. The summed E-state index contributed by atoms with van der Waals surface area (Å²) in [5, 5.41) is 8.78. The first-order chi connectivity index (χ1) is 15.7. The van der Waals surface area contributed by atoms with E-state index < -0.39 is 0 Å². The zero-order valence-electron chi connectivity index (χ0n) is 19.5. The molecule has 0 aliphatic rings. The summed E-state index contributed by atoms with van der Waals surface area (Å²) in [4.78, 5) is 13.7. The lowest BCUT2D eigenvalue weighted by Crippen LogP contribution is -2.08. The predicted molar refractivity (Wildman–Crippen MR) is 137 cm³/mol. The van der Waals surface area contributed by atoms with Crippen LogP contribution in [0.2, 0.25) is 5.02 Å². The van der Waals surface area contributed by atoms with Gasteiger partial charge in [-0.2, -0.15) is 0 Å². The van der Waals surface area contributed by atoms with E-state index in [1.54, 1.807) is 0 Å². The Morgan fingerprint density at radius 2 is 1.62 bits per heavy atom. The van der Waals surface area contributed by atoms with Crippen molar-refractivity contribution in [1.82, 2.24) is 15.0 Å². The fraction of sp³-hybridized carbons (Fsp3) is 0.500. The fourth-order valence-corrected chi connectivity index (χ4v) is 4.04. The number of unbranched alkanes of at least 4 members (excludes halogenated alkanes) is 6. The van der Waals surface area contributed by atoms with Crippen LogP contribution in [0.3, 0.4) is 0 Å². The minimum atomic E-state index is 0.715. The smallest absolute Gasteiger partial charge is 0.223 e. The molecule has 0 unspecified atom stereocenters. The maximum Gasteiger partial charge on any atom is 0.223 e. The Hall–Kier alpha value is -2.40. The van der Waals surface area contributed by atoms with Gasteiger partial charge in [-0.25, -0.2) is 9.97 Å². The number of aryl methyl sites for hydroxylation is 2. The Bertz CT molecular complexity index is 976. The highest BCUT2D eigenvalue weighted by molar-refractivity contribution is 6.31. The van der Waals surface area contributed by atoms with E-state index in [1.807, 2.05) is 37.4 Å². The molecule has 0 radical (unpaired) electrons. The number of pyridine rings is 1. The maximum atomic E-state index is 6.08. The van der Waals surface area contributed by atoms with E-state index in [0.29, 0.717) is 5.02 Å². The Balaban J connectivity index is 1.37. The third kappa shape index (κ3) is 7.94. The van der Waals surface area contributed by atoms with Gasteiger partial charge in [0.2, 0.25) is 5.95 Å². The second kappa shape index (κ2) is 13.2. The molecule has 32 heavy (non-hydrogen) atoms. The van der Waals surface area contributed by atoms with Crippen molar-refractivity contribution in [2.75, 3.05) is 23.7 Å². The van der Waals surface area contributed by atoms with E-state index in [4.69, 9.17) is 16.6 Å². The first-order valence-corrected chi connectivity index (χ1v) is 12.4. The van der Waals surface area contributed by atoms with Crippen molar-refractivity contribution in [3.63, 3.8) is 0 Å². The standard InChI is InChI=1S/C26H36ClN5/c1-3-4-5-6-9-16-30-26-31-20(2)18-22(32-26)11-8-7-10-15-28-24-14-17-29-25-19-21(27)12-13-23(24)25/h12-14,17-19H,3-11,15-16H2,1-2H3,(H,28,29)(H,30,31,32). The number of fused-ring (bicyclic) bond motifs is 1. The zero-order valence-corrected chi connectivity index (χ0v) is 20.2. The average molecular weight is 454 g/mol. The van der Waals surface area contributed by atoms with Crippen molar-refractivity contribution in [3.05, 3.63) is 52.9 Å². The van der Waals surface area contributed by atoms with Crippen LogP contribution in [0.5, 0.6) is 0 Å². The number of hydrogen-bond donors (Lipinski definition) is 2. The summed E-state index contributed by atoms with van der Waals surface area (Å²) < 4.78 is 0. The summed E-state index contributed by atoms with van der Waals surface area (Å²) in [5.41, 5.74) is 4.21. The lowest BCUT2D eigenvalue weighted by Gasteiger charge is -2.10. The number of nitrogens with one attached hydrogen (secondary N) is 2. The van der Waals surface area contributed by atoms with Gasteiger partial charge in [0, 0.05) is 46.8 Å². The lowest BCUT2D eigenvalue weighted by molar-refractivity contribution is 0.643. The molecule has 0 saturated carbocycles. The molecule has 0 aliphatic heterocycles. The van der Waals surface area contributed by atoms with Gasteiger partial charge in [0.05, 0.1) is 5.52 Å². The number of rotatable bonds is 14. The van der Waals surface area contributed by atoms with Crippen LogP contribution in [0.4, 0.5) is 11.6 Å². The van der Waals surface area contributed by atoms with Gasteiger partial charge in [-0.15, -0.1) is 0 Å². The number of nitrogens with zero attached hydrogens (tertiary/aromatic N) is 3. The Kier molecular flexibility index (Phi) is 10.0. The molecule has 5 nitrogen and oxygen atoms in total. The molecule has 0 bridgehead atoms. The van der Waals surface area contributed by atoms with Gasteiger partial charge in [-0.05, 0) is 62.9 Å². The van der Waals surface area contributed by atoms with Crippen molar-refractivity contribution in [1.29, 1.82) is 0 Å². The second-order valence-electron chi connectivity index (χ2n) is 8.42. The van der Waals surface area contributed by atoms with Crippen LogP contribution in [0, 0.1) is 6.92 Å². The molecule has 2 aromatic heterocycles. The van der Waals surface area contributed by atoms with E-state index in [9.17, 15) is 0 Å². The minimum absolute atomic E-state index is 0.715. The molecule has 172 valence electrons. The number of anilines is 2. The van der Waals surface area contributed by atoms with Crippen LogP contribution in [0.1, 0.15) is 69.7 Å². The molecular formula is C26H36ClN5. The Morgan fingerprint density at radius 3 is 2.47 bits per heavy atom. The molecule has 1 aromatic carbocycles. The first-order valence-electron chi connectivity index (χ1n) is 12.0. The Labute approximate surface area is 197 Å². The van der Waals surface area contributed by atoms with Gasteiger partial charge in [-0.3, -0.25) is 4.98 Å². The second-order valence-corrected chi connectivity index (χ2v) is 8.86. The van der Waals surface area contributed by atoms with E-state index in [0.717, 1.165) is 72.7 Å². The summed E-state index contributed by atoms with van der Waals surface area (Å²) in [6, 6.07) is 9.98. The van der Waals surface area contributed by atoms with Crippen LogP contribution in [0.15, 0.2) is 36.5 Å². The minimum Gasteiger partial charge on any atom is -0.384 e. The summed E-state index contributed by atoms with van der Waals surface area (Å²) in [7, 11) is 0. The molecule has 0 saturated heterocycles. The third-order valence-corrected chi connectivity index (χ3v) is 5.84. The summed E-state index contributed by atoms with van der Waals surface area (Å²) in [6.07, 6.45) is 12.6. The SMILES string of the molecule is CCCCCCCNc1nc(C)cc(CCCCCNc2ccnc3cc(Cl)ccc23)n1. The molecule has 0 atom stereocenters. The molecule has 2 heterocycles. The third-order valence-electron chi connectivity index (χ3n) is 5.60. The normalized spacial score (nSPS) is 11.1. The van der Waals surface area contributed by atoms with E-state index in [-0.39, 0.29) is 0 Å². The van der Waals surface area contributed by atoms with Crippen LogP contribution >= 0.6 is 11.6 Å². The van der Waals surface area contributed by atoms with E-state index in [1.165, 1.54) is 32.1 Å². The molecular weight excluding hydrogens is 418 g/mol. The lowest BCUT2D eigenvalue weighted by atomic mass is 10.1. The topological polar surface area (TPSA) is 62.7 Å². The monoisotopic (exact) mass is 453 g/mol. The highest BCUT2D eigenvalue weighted by atomic mass is 35.5. The Morgan fingerprint density at radius 1 is 0.844 bits per heavy atom. The van der Waals surface area contributed by atoms with E-state index in [2.05, 4.69) is 33.6 Å². The van der Waals surface area contributed by atoms with Crippen molar-refractivity contribution < 1.29 is 0 Å². The van der Waals surface area contributed by atoms with Gasteiger partial charge in [0.15, 0.2) is 0 Å². The maximum absolute atomic E-state index is 6.08. The zero-order chi connectivity index (χ0) is 22.6. The molecule has 6 heteroatoms. The van der Waals surface area contributed by atoms with Gasteiger partial charge >= 0.3 is 0 Å². The molecule has 3 rings (SSSR count). The van der Waals surface area contributed by atoms with Crippen molar-refractivity contribution in [3.8, 4) is 0 Å². The number of hydrogen-bond acceptors (Lipinski definition) is 5. The van der Waals surface area contributed by atoms with Crippen LogP contribution < -0.4 is 10.6 Å². The van der Waals surface area contributed by atoms with Crippen LogP contribution in [-0.4, -0.2) is 28.0 Å². The first kappa shape index (κ1) is 24.2. The summed E-state index contributed by atoms with van der Waals surface area (Å²) in [6.45, 7) is 6.19. The summed E-state index contributed by atoms with van der Waals surface area (Å²) >= 11 is 6.08. The summed E-state index contributed by atoms with van der Waals surface area (Å²) in [5.74, 6) is 0.779. The van der Waals surface area contributed by atoms with Crippen molar-refractivity contribution in [2.24, 2.45) is 0 Å². The van der Waals surface area contributed by atoms with Crippen molar-refractivity contribution >= 4 is 34.1 Å². The quantitative estimate of drug-likeness (QED) is 0.253. The number of halogens is 1. The number of aromatic nitrogens is 3. The molecule has 0 fully saturated rings. The fourth-order valence-electron chi connectivity index (χ4n) is 3.88. The van der Waals surface area contributed by atoms with E-state index >= 15 is 0 Å². The highest BCUT2D eigenvalue weighted by Crippen LogP contribution is 2.24. The highest BCUT2D eigenvalue weighted by Gasteiger charge is 2.04. The predicted octanol–water partition coefficient (Wildman–Crippen LogP) is 7.19. The van der Waals surface area contributed by atoms with Crippen LogP contribution in [-0.2, 0) is 6.42 Å². The average Bonchev–Trinajstić information content (AvgIpc) is 2.78. The number of benzene rings is 1. The molecule has 0 amide bonds. The van der Waals surface area contributed by atoms with Gasteiger partial charge < -0.3 is 10.6 Å². The van der Waals surface area contributed by atoms with Crippen LogP contribution in [0.25, 0.3) is 10.9 Å². The van der Waals surface area contributed by atoms with Gasteiger partial charge in [0.25, 0.3) is 0 Å². The molecule has 0 spiro atoms. The largest absolute Gasteiger partial charge is 0.384 e. The molecule has 3 aromatic rings.